The molecule has 21 heavy (non-hydrogen) atoms. The van der Waals surface area contributed by atoms with E-state index in [9.17, 15) is 4.79 Å². The lowest BCUT2D eigenvalue weighted by Crippen LogP contribution is -2.49. The van der Waals surface area contributed by atoms with Crippen LogP contribution in [0.3, 0.4) is 0 Å². The van der Waals surface area contributed by atoms with Crippen molar-refractivity contribution in [2.75, 3.05) is 20.2 Å². The number of benzene rings is 1. The van der Waals surface area contributed by atoms with E-state index < -0.39 is 6.10 Å². The monoisotopic (exact) mass is 290 g/mol. The van der Waals surface area contributed by atoms with Gasteiger partial charge in [-0.15, -0.1) is 0 Å². The first kappa shape index (κ1) is 14.2. The van der Waals surface area contributed by atoms with Crippen LogP contribution in [0.15, 0.2) is 18.2 Å². The molecule has 0 radical (unpaired) electrons. The molecule has 0 aliphatic carbocycles. The summed E-state index contributed by atoms with van der Waals surface area (Å²) in [7, 11) is 1.62. The first-order valence-electron chi connectivity index (χ1n) is 7.56. The molecule has 2 aliphatic rings. The van der Waals surface area contributed by atoms with E-state index in [4.69, 9.17) is 15.2 Å². The number of carbonyl (C=O) groups is 1. The Morgan fingerprint density at radius 1 is 1.33 bits per heavy atom. The van der Waals surface area contributed by atoms with Crippen LogP contribution in [0.1, 0.15) is 24.8 Å². The number of ether oxygens (including phenoxy) is 2. The van der Waals surface area contributed by atoms with E-state index in [0.717, 1.165) is 50.1 Å². The molecule has 1 unspecified atom stereocenters. The van der Waals surface area contributed by atoms with Crippen molar-refractivity contribution in [3.05, 3.63) is 23.8 Å². The molecule has 0 aromatic heterocycles. The number of rotatable bonds is 2. The number of methoxy groups -OCH3 is 1. The smallest absolute Gasteiger partial charge is 0.263 e. The first-order chi connectivity index (χ1) is 10.2. The van der Waals surface area contributed by atoms with E-state index in [-0.39, 0.29) is 11.9 Å². The molecule has 1 aromatic carbocycles. The van der Waals surface area contributed by atoms with Gasteiger partial charge in [0, 0.05) is 19.1 Å². The number of nitrogens with zero attached hydrogens (tertiary/aromatic N) is 1. The molecule has 0 spiro atoms. The Hall–Kier alpha value is -1.75. The molecule has 1 saturated heterocycles. The average Bonchev–Trinajstić information content (AvgIpc) is 2.53. The van der Waals surface area contributed by atoms with Gasteiger partial charge in [0.2, 0.25) is 0 Å². The molecule has 2 N–H and O–H groups in total. The van der Waals surface area contributed by atoms with Crippen molar-refractivity contribution >= 4 is 5.91 Å². The lowest BCUT2D eigenvalue weighted by Gasteiger charge is -2.34. The van der Waals surface area contributed by atoms with Crippen molar-refractivity contribution in [1.82, 2.24) is 4.90 Å². The standard InChI is InChI=1S/C16H22N2O3/c1-20-13-4-2-3-11-5-6-14(21-15(11)13)16(19)18-9-7-12(17)8-10-18/h2-4,12,14H,5-10,17H2,1H3. The lowest BCUT2D eigenvalue weighted by atomic mass is 9.99. The summed E-state index contributed by atoms with van der Waals surface area (Å²) in [6.45, 7) is 1.47. The van der Waals surface area contributed by atoms with Crippen LogP contribution in [0.5, 0.6) is 11.5 Å². The van der Waals surface area contributed by atoms with Crippen LogP contribution in [0.25, 0.3) is 0 Å². The number of hydrogen-bond donors (Lipinski definition) is 1. The molecule has 1 atom stereocenters. The average molecular weight is 290 g/mol. The molecule has 1 amide bonds. The zero-order valence-corrected chi connectivity index (χ0v) is 12.4. The predicted octanol–water partition coefficient (Wildman–Crippen LogP) is 1.34. The molecule has 1 fully saturated rings. The number of nitrogens with two attached hydrogens (primary N) is 1. The van der Waals surface area contributed by atoms with Crippen molar-refractivity contribution in [2.45, 2.75) is 37.8 Å². The molecule has 2 heterocycles. The lowest BCUT2D eigenvalue weighted by molar-refractivity contribution is -0.140. The van der Waals surface area contributed by atoms with Gasteiger partial charge in [0.25, 0.3) is 5.91 Å². The summed E-state index contributed by atoms with van der Waals surface area (Å²) in [5.41, 5.74) is 7.00. The fourth-order valence-electron chi connectivity index (χ4n) is 3.04. The number of carbonyl (C=O) groups excluding carboxylic acids is 1. The normalized spacial score (nSPS) is 22.4. The van der Waals surface area contributed by atoms with Crippen LogP contribution < -0.4 is 15.2 Å². The first-order valence-corrected chi connectivity index (χ1v) is 7.56. The number of piperidine rings is 1. The van der Waals surface area contributed by atoms with E-state index in [2.05, 4.69) is 0 Å². The van der Waals surface area contributed by atoms with E-state index in [1.54, 1.807) is 7.11 Å². The number of amides is 1. The molecule has 114 valence electrons. The van der Waals surface area contributed by atoms with Crippen molar-refractivity contribution in [1.29, 1.82) is 0 Å². The fraction of sp³-hybridized carbons (Fsp3) is 0.562. The van der Waals surface area contributed by atoms with Crippen molar-refractivity contribution in [2.24, 2.45) is 5.73 Å². The highest BCUT2D eigenvalue weighted by Crippen LogP contribution is 2.36. The largest absolute Gasteiger partial charge is 0.493 e. The van der Waals surface area contributed by atoms with Crippen LogP contribution in [0.4, 0.5) is 0 Å². The second-order valence-electron chi connectivity index (χ2n) is 5.76. The van der Waals surface area contributed by atoms with E-state index >= 15 is 0 Å². The van der Waals surface area contributed by atoms with Gasteiger partial charge in [0.15, 0.2) is 17.6 Å². The van der Waals surface area contributed by atoms with Crippen molar-refractivity contribution in [3.63, 3.8) is 0 Å². The molecule has 2 aliphatic heterocycles. The number of likely N-dealkylation sites (tertiary alicyclic amines) is 1. The zero-order chi connectivity index (χ0) is 14.8. The molecule has 3 rings (SSSR count). The van der Waals surface area contributed by atoms with Gasteiger partial charge < -0.3 is 20.1 Å². The third kappa shape index (κ3) is 2.83. The van der Waals surface area contributed by atoms with Crippen molar-refractivity contribution in [3.8, 4) is 11.5 Å². The molecule has 0 saturated carbocycles. The Morgan fingerprint density at radius 2 is 2.10 bits per heavy atom. The van der Waals surface area contributed by atoms with Crippen LogP contribution >= 0.6 is 0 Å². The molecule has 5 nitrogen and oxygen atoms in total. The number of para-hydroxylation sites is 1. The maximum Gasteiger partial charge on any atom is 0.263 e. The van der Waals surface area contributed by atoms with Crippen LogP contribution in [0, 0.1) is 0 Å². The van der Waals surface area contributed by atoms with E-state index in [0.29, 0.717) is 5.75 Å². The van der Waals surface area contributed by atoms with Crippen LogP contribution in [-0.2, 0) is 11.2 Å². The number of hydrogen-bond acceptors (Lipinski definition) is 4. The maximum absolute atomic E-state index is 12.6. The molecule has 0 bridgehead atoms. The Morgan fingerprint density at radius 3 is 2.81 bits per heavy atom. The number of fused-ring (bicyclic) bond motifs is 1. The van der Waals surface area contributed by atoms with Gasteiger partial charge in [-0.1, -0.05) is 12.1 Å². The summed E-state index contributed by atoms with van der Waals surface area (Å²) in [5, 5.41) is 0. The van der Waals surface area contributed by atoms with Gasteiger partial charge in [-0.2, -0.15) is 0 Å². The topological polar surface area (TPSA) is 64.8 Å². The van der Waals surface area contributed by atoms with Gasteiger partial charge in [-0.25, -0.2) is 0 Å². The Bertz CT molecular complexity index is 510. The highest BCUT2D eigenvalue weighted by atomic mass is 16.5. The summed E-state index contributed by atoms with van der Waals surface area (Å²) >= 11 is 0. The Kier molecular flexibility index (Phi) is 4.01. The molecule has 1 aromatic rings. The molecular weight excluding hydrogens is 268 g/mol. The van der Waals surface area contributed by atoms with Gasteiger partial charge >= 0.3 is 0 Å². The highest BCUT2D eigenvalue weighted by molar-refractivity contribution is 5.82. The van der Waals surface area contributed by atoms with E-state index in [1.807, 2.05) is 23.1 Å². The Labute approximate surface area is 125 Å². The third-order valence-electron chi connectivity index (χ3n) is 4.34. The van der Waals surface area contributed by atoms with Crippen LogP contribution in [0.2, 0.25) is 0 Å². The summed E-state index contributed by atoms with van der Waals surface area (Å²) in [4.78, 5) is 14.5. The van der Waals surface area contributed by atoms with Crippen LogP contribution in [-0.4, -0.2) is 43.2 Å². The fourth-order valence-corrected chi connectivity index (χ4v) is 3.04. The van der Waals surface area contributed by atoms with Crippen molar-refractivity contribution < 1.29 is 14.3 Å². The minimum atomic E-state index is -0.400. The minimum absolute atomic E-state index is 0.0819. The second kappa shape index (κ2) is 5.93. The summed E-state index contributed by atoms with van der Waals surface area (Å²) in [5.74, 6) is 1.50. The zero-order valence-electron chi connectivity index (χ0n) is 12.4. The maximum atomic E-state index is 12.6. The molecule has 5 heteroatoms. The third-order valence-corrected chi connectivity index (χ3v) is 4.34. The van der Waals surface area contributed by atoms with Gasteiger partial charge in [-0.3, -0.25) is 4.79 Å². The predicted molar refractivity (Wildman–Crippen MR) is 79.5 cm³/mol. The number of aryl methyl sites for hydroxylation is 1. The van der Waals surface area contributed by atoms with Gasteiger partial charge in [-0.05, 0) is 37.3 Å². The van der Waals surface area contributed by atoms with Gasteiger partial charge in [0.05, 0.1) is 7.11 Å². The SMILES string of the molecule is COc1cccc2c1OC(C(=O)N1CCC(N)CC1)CC2. The summed E-state index contributed by atoms with van der Waals surface area (Å²) < 4.78 is 11.3. The summed E-state index contributed by atoms with van der Waals surface area (Å²) in [6.07, 6.45) is 2.91. The van der Waals surface area contributed by atoms with Gasteiger partial charge in [0.1, 0.15) is 0 Å². The molecular formula is C16H22N2O3. The van der Waals surface area contributed by atoms with E-state index in [1.165, 1.54) is 0 Å². The Balaban J connectivity index is 1.72. The second-order valence-corrected chi connectivity index (χ2v) is 5.76. The quantitative estimate of drug-likeness (QED) is 0.892. The summed E-state index contributed by atoms with van der Waals surface area (Å²) in [6, 6.07) is 6.07. The minimum Gasteiger partial charge on any atom is -0.493 e. The highest BCUT2D eigenvalue weighted by Gasteiger charge is 2.32.